The number of nitrogens with zero attached hydrogens (tertiary/aromatic N) is 1. The van der Waals surface area contributed by atoms with E-state index in [4.69, 9.17) is 21.1 Å². The third-order valence-electron chi connectivity index (χ3n) is 2.82. The van der Waals surface area contributed by atoms with Gasteiger partial charge in [-0.2, -0.15) is 0 Å². The van der Waals surface area contributed by atoms with Crippen molar-refractivity contribution in [2.24, 2.45) is 0 Å². The van der Waals surface area contributed by atoms with E-state index in [2.05, 4.69) is 16.8 Å². The third-order valence-corrected chi connectivity index (χ3v) is 3.23. The molecule has 2 heterocycles. The van der Waals surface area contributed by atoms with Crippen molar-refractivity contribution in [3.05, 3.63) is 28.5 Å². The standard InChI is InChI=1S/C14H16ClNO2/c1-11-12(15)7-8-16-13(11)5-4-10-18-14-6-2-3-9-17-14/h7-8,14H,2-3,6,9-10H2,1H3. The highest BCUT2D eigenvalue weighted by atomic mass is 35.5. The fourth-order valence-corrected chi connectivity index (χ4v) is 1.88. The molecule has 1 saturated heterocycles. The van der Waals surface area contributed by atoms with E-state index < -0.39 is 0 Å². The topological polar surface area (TPSA) is 31.4 Å². The fraction of sp³-hybridized carbons (Fsp3) is 0.500. The summed E-state index contributed by atoms with van der Waals surface area (Å²) < 4.78 is 11.0. The average Bonchev–Trinajstić information content (AvgIpc) is 2.40. The molecule has 96 valence electrons. The van der Waals surface area contributed by atoms with Crippen molar-refractivity contribution in [1.29, 1.82) is 0 Å². The van der Waals surface area contributed by atoms with Gasteiger partial charge in [0.2, 0.25) is 0 Å². The molecule has 0 bridgehead atoms. The minimum atomic E-state index is -0.0959. The minimum Gasteiger partial charge on any atom is -0.353 e. The molecule has 0 aliphatic carbocycles. The van der Waals surface area contributed by atoms with Crippen molar-refractivity contribution in [2.75, 3.05) is 13.2 Å². The second kappa shape index (κ2) is 6.75. The third kappa shape index (κ3) is 3.71. The van der Waals surface area contributed by atoms with Gasteiger partial charge < -0.3 is 9.47 Å². The number of ether oxygens (including phenoxy) is 2. The van der Waals surface area contributed by atoms with Crippen LogP contribution in [-0.2, 0) is 9.47 Å². The van der Waals surface area contributed by atoms with Crippen molar-refractivity contribution >= 4 is 11.6 Å². The van der Waals surface area contributed by atoms with Gasteiger partial charge in [0, 0.05) is 23.4 Å². The monoisotopic (exact) mass is 265 g/mol. The van der Waals surface area contributed by atoms with Gasteiger partial charge in [-0.05, 0) is 38.2 Å². The highest BCUT2D eigenvalue weighted by molar-refractivity contribution is 6.31. The molecule has 18 heavy (non-hydrogen) atoms. The van der Waals surface area contributed by atoms with Crippen LogP contribution in [0.15, 0.2) is 12.3 Å². The first-order chi connectivity index (χ1) is 8.77. The van der Waals surface area contributed by atoms with Crippen molar-refractivity contribution in [2.45, 2.75) is 32.5 Å². The van der Waals surface area contributed by atoms with Gasteiger partial charge >= 0.3 is 0 Å². The first-order valence-electron chi connectivity index (χ1n) is 6.10. The Bertz CT molecular complexity index is 459. The first kappa shape index (κ1) is 13.4. The Hall–Kier alpha value is -1.08. The summed E-state index contributed by atoms with van der Waals surface area (Å²) in [5.74, 6) is 5.91. The summed E-state index contributed by atoms with van der Waals surface area (Å²) in [6, 6.07) is 1.76. The Kier molecular flexibility index (Phi) is 5.00. The summed E-state index contributed by atoms with van der Waals surface area (Å²) in [7, 11) is 0. The zero-order chi connectivity index (χ0) is 12.8. The lowest BCUT2D eigenvalue weighted by atomic mass is 10.2. The molecular formula is C14H16ClNO2. The molecule has 0 radical (unpaired) electrons. The Morgan fingerprint density at radius 1 is 1.56 bits per heavy atom. The van der Waals surface area contributed by atoms with Crippen molar-refractivity contribution < 1.29 is 9.47 Å². The maximum absolute atomic E-state index is 5.99. The molecule has 1 aliphatic rings. The predicted octanol–water partition coefficient (Wildman–Crippen LogP) is 2.94. The molecule has 0 aromatic carbocycles. The second-order valence-electron chi connectivity index (χ2n) is 4.18. The predicted molar refractivity (Wildman–Crippen MR) is 70.4 cm³/mol. The molecule has 0 amide bonds. The van der Waals surface area contributed by atoms with Gasteiger partial charge in [0.05, 0.1) is 0 Å². The highest BCUT2D eigenvalue weighted by Gasteiger charge is 2.12. The summed E-state index contributed by atoms with van der Waals surface area (Å²) >= 11 is 5.99. The first-order valence-corrected chi connectivity index (χ1v) is 6.48. The molecule has 0 saturated carbocycles. The molecule has 3 nitrogen and oxygen atoms in total. The molecule has 4 heteroatoms. The van der Waals surface area contributed by atoms with Crippen LogP contribution in [-0.4, -0.2) is 24.5 Å². The highest BCUT2D eigenvalue weighted by Crippen LogP contribution is 2.15. The quantitative estimate of drug-likeness (QED) is 0.771. The van der Waals surface area contributed by atoms with Gasteiger partial charge in [-0.3, -0.25) is 0 Å². The molecule has 1 aromatic rings. The zero-order valence-electron chi connectivity index (χ0n) is 10.4. The van der Waals surface area contributed by atoms with Gasteiger partial charge in [0.1, 0.15) is 12.3 Å². The lowest BCUT2D eigenvalue weighted by molar-refractivity contribution is -0.154. The Balaban J connectivity index is 1.86. The van der Waals surface area contributed by atoms with Gasteiger partial charge in [-0.25, -0.2) is 4.98 Å². The van der Waals surface area contributed by atoms with Crippen molar-refractivity contribution in [3.63, 3.8) is 0 Å². The van der Waals surface area contributed by atoms with Crippen LogP contribution in [0.4, 0.5) is 0 Å². The van der Waals surface area contributed by atoms with E-state index in [1.54, 1.807) is 12.3 Å². The van der Waals surface area contributed by atoms with Gasteiger partial charge in [-0.15, -0.1) is 0 Å². The van der Waals surface area contributed by atoms with Crippen LogP contribution in [0.3, 0.4) is 0 Å². The molecule has 1 fully saturated rings. The maximum Gasteiger partial charge on any atom is 0.158 e. The van der Waals surface area contributed by atoms with E-state index in [-0.39, 0.29) is 6.29 Å². The molecule has 0 spiro atoms. The molecule has 0 N–H and O–H groups in total. The molecule has 1 aromatic heterocycles. The number of hydrogen-bond acceptors (Lipinski definition) is 3. The van der Waals surface area contributed by atoms with E-state index in [0.29, 0.717) is 17.3 Å². The summed E-state index contributed by atoms with van der Waals surface area (Å²) in [5.41, 5.74) is 1.61. The van der Waals surface area contributed by atoms with Crippen molar-refractivity contribution in [1.82, 2.24) is 4.98 Å². The molecular weight excluding hydrogens is 250 g/mol. The minimum absolute atomic E-state index is 0.0959. The van der Waals surface area contributed by atoms with Gasteiger partial charge in [0.25, 0.3) is 0 Å². The SMILES string of the molecule is Cc1c(Cl)ccnc1C#CCOC1CCCCO1. The maximum atomic E-state index is 5.99. The van der Waals surface area contributed by atoms with Crippen molar-refractivity contribution in [3.8, 4) is 11.8 Å². The van der Waals surface area contributed by atoms with Crippen LogP contribution in [0.2, 0.25) is 5.02 Å². The largest absolute Gasteiger partial charge is 0.353 e. The van der Waals surface area contributed by atoms with E-state index in [1.165, 1.54) is 0 Å². The number of rotatable bonds is 2. The van der Waals surface area contributed by atoms with Crippen LogP contribution in [0.25, 0.3) is 0 Å². The molecule has 1 aliphatic heterocycles. The van der Waals surface area contributed by atoms with Gasteiger partial charge in [-0.1, -0.05) is 17.5 Å². The van der Waals surface area contributed by atoms with Crippen LogP contribution in [0.5, 0.6) is 0 Å². The summed E-state index contributed by atoms with van der Waals surface area (Å²) in [6.45, 7) is 3.05. The molecule has 1 unspecified atom stereocenters. The van der Waals surface area contributed by atoms with E-state index in [9.17, 15) is 0 Å². The van der Waals surface area contributed by atoms with Gasteiger partial charge in [0.15, 0.2) is 6.29 Å². The Labute approximate surface area is 112 Å². The van der Waals surface area contributed by atoms with E-state index in [1.807, 2.05) is 6.92 Å². The summed E-state index contributed by atoms with van der Waals surface area (Å²) in [4.78, 5) is 4.18. The fourth-order valence-electron chi connectivity index (χ4n) is 1.74. The van der Waals surface area contributed by atoms with E-state index >= 15 is 0 Å². The molecule has 2 rings (SSSR count). The number of halogens is 1. The summed E-state index contributed by atoms with van der Waals surface area (Å²) in [6.07, 6.45) is 4.80. The Morgan fingerprint density at radius 2 is 2.44 bits per heavy atom. The normalized spacial score (nSPS) is 19.1. The number of aromatic nitrogens is 1. The lowest BCUT2D eigenvalue weighted by Gasteiger charge is -2.21. The average molecular weight is 266 g/mol. The second-order valence-corrected chi connectivity index (χ2v) is 4.58. The Morgan fingerprint density at radius 3 is 3.22 bits per heavy atom. The smallest absolute Gasteiger partial charge is 0.158 e. The van der Waals surface area contributed by atoms with Crippen LogP contribution in [0.1, 0.15) is 30.5 Å². The zero-order valence-corrected chi connectivity index (χ0v) is 11.2. The lowest BCUT2D eigenvalue weighted by Crippen LogP contribution is -2.22. The van der Waals surface area contributed by atoms with Crippen LogP contribution in [0, 0.1) is 18.8 Å². The van der Waals surface area contributed by atoms with Crippen LogP contribution >= 0.6 is 11.6 Å². The number of hydrogen-bond donors (Lipinski definition) is 0. The number of pyridine rings is 1. The summed E-state index contributed by atoms with van der Waals surface area (Å²) in [5, 5.41) is 0.686. The van der Waals surface area contributed by atoms with E-state index in [0.717, 1.165) is 31.4 Å². The van der Waals surface area contributed by atoms with Crippen LogP contribution < -0.4 is 0 Å². The molecule has 1 atom stereocenters.